The Hall–Kier alpha value is -2.15. The van der Waals surface area contributed by atoms with E-state index in [1.165, 1.54) is 18.4 Å². The standard InChI is InChI=1S/C15H15NO5S/c1-21-15(20)12-9(4-5-22-12)16-13(17)10-7-2-3-8(6-7)11(10)14(18)19/h2-5,7-8,10-11H,6H2,1H3,(H,16,17)(H,18,19)/t7-,8-,10-,11-/m0/s1. The maximum Gasteiger partial charge on any atom is 0.350 e. The van der Waals surface area contributed by atoms with Crippen molar-refractivity contribution in [2.24, 2.45) is 23.7 Å². The summed E-state index contributed by atoms with van der Waals surface area (Å²) in [5.74, 6) is -3.25. The summed E-state index contributed by atoms with van der Waals surface area (Å²) >= 11 is 1.17. The molecule has 0 saturated heterocycles. The molecule has 4 atom stereocenters. The van der Waals surface area contributed by atoms with Crippen LogP contribution in [0.5, 0.6) is 0 Å². The summed E-state index contributed by atoms with van der Waals surface area (Å²) in [7, 11) is 1.27. The van der Waals surface area contributed by atoms with Crippen molar-refractivity contribution in [3.8, 4) is 0 Å². The van der Waals surface area contributed by atoms with Crippen LogP contribution in [0.2, 0.25) is 0 Å². The second-order valence-corrected chi connectivity index (χ2v) is 6.40. The highest BCUT2D eigenvalue weighted by Crippen LogP contribution is 2.48. The highest BCUT2D eigenvalue weighted by atomic mass is 32.1. The maximum absolute atomic E-state index is 12.5. The number of carboxylic acid groups (broad SMARTS) is 1. The highest BCUT2D eigenvalue weighted by molar-refractivity contribution is 7.12. The van der Waals surface area contributed by atoms with Crippen LogP contribution in [0.25, 0.3) is 0 Å². The second-order valence-electron chi connectivity index (χ2n) is 5.48. The zero-order valence-electron chi connectivity index (χ0n) is 11.8. The minimum absolute atomic E-state index is 0.0497. The number of hydrogen-bond donors (Lipinski definition) is 2. The summed E-state index contributed by atoms with van der Waals surface area (Å²) < 4.78 is 4.67. The van der Waals surface area contributed by atoms with E-state index in [-0.39, 0.29) is 17.7 Å². The van der Waals surface area contributed by atoms with Gasteiger partial charge in [-0.25, -0.2) is 4.79 Å². The molecule has 6 nitrogen and oxygen atoms in total. The molecule has 2 N–H and O–H groups in total. The quantitative estimate of drug-likeness (QED) is 0.653. The van der Waals surface area contributed by atoms with Gasteiger partial charge in [0, 0.05) is 0 Å². The van der Waals surface area contributed by atoms with Gasteiger partial charge < -0.3 is 15.2 Å². The third-order valence-electron chi connectivity index (χ3n) is 4.34. The molecule has 1 amide bonds. The number of carboxylic acids is 1. The van der Waals surface area contributed by atoms with Gasteiger partial charge in [-0.1, -0.05) is 12.2 Å². The lowest BCUT2D eigenvalue weighted by atomic mass is 9.82. The molecule has 7 heteroatoms. The molecule has 0 radical (unpaired) electrons. The van der Waals surface area contributed by atoms with Gasteiger partial charge in [0.2, 0.25) is 5.91 Å². The van der Waals surface area contributed by atoms with Crippen molar-refractivity contribution in [1.29, 1.82) is 0 Å². The Morgan fingerprint density at radius 2 is 1.95 bits per heavy atom. The normalized spacial score (nSPS) is 28.6. The van der Waals surface area contributed by atoms with E-state index in [0.29, 0.717) is 17.0 Å². The van der Waals surface area contributed by atoms with Crippen molar-refractivity contribution in [3.05, 3.63) is 28.5 Å². The molecule has 2 aliphatic rings. The molecule has 0 aromatic carbocycles. The Morgan fingerprint density at radius 3 is 2.59 bits per heavy atom. The van der Waals surface area contributed by atoms with E-state index in [2.05, 4.69) is 10.1 Å². The lowest BCUT2D eigenvalue weighted by Gasteiger charge is -2.23. The smallest absolute Gasteiger partial charge is 0.350 e. The van der Waals surface area contributed by atoms with E-state index in [0.717, 1.165) is 0 Å². The average molecular weight is 321 g/mol. The van der Waals surface area contributed by atoms with E-state index in [4.69, 9.17) is 0 Å². The topological polar surface area (TPSA) is 92.7 Å². The van der Waals surface area contributed by atoms with Gasteiger partial charge in [0.1, 0.15) is 4.88 Å². The molecular weight excluding hydrogens is 306 g/mol. The summed E-state index contributed by atoms with van der Waals surface area (Å²) in [4.78, 5) is 35.9. The number of nitrogens with one attached hydrogen (secondary N) is 1. The maximum atomic E-state index is 12.5. The minimum Gasteiger partial charge on any atom is -0.481 e. The van der Waals surface area contributed by atoms with Crippen LogP contribution in [-0.4, -0.2) is 30.1 Å². The molecule has 3 rings (SSSR count). The highest BCUT2D eigenvalue weighted by Gasteiger charge is 2.51. The fourth-order valence-electron chi connectivity index (χ4n) is 3.39. The van der Waals surface area contributed by atoms with Gasteiger partial charge in [-0.05, 0) is 29.7 Å². The zero-order valence-corrected chi connectivity index (χ0v) is 12.6. The van der Waals surface area contributed by atoms with Crippen LogP contribution in [0.4, 0.5) is 5.69 Å². The Bertz CT molecular complexity index is 665. The van der Waals surface area contributed by atoms with Gasteiger partial charge in [-0.2, -0.15) is 0 Å². The van der Waals surface area contributed by atoms with Gasteiger partial charge >= 0.3 is 11.9 Å². The number of rotatable bonds is 4. The van der Waals surface area contributed by atoms with E-state index in [1.807, 2.05) is 12.2 Å². The zero-order chi connectivity index (χ0) is 15.9. The van der Waals surface area contributed by atoms with Crippen molar-refractivity contribution in [1.82, 2.24) is 0 Å². The van der Waals surface area contributed by atoms with Gasteiger partial charge in [-0.3, -0.25) is 9.59 Å². The number of aliphatic carboxylic acids is 1. The fourth-order valence-corrected chi connectivity index (χ4v) is 4.16. The fraction of sp³-hybridized carbons (Fsp3) is 0.400. The first-order valence-corrected chi connectivity index (χ1v) is 7.78. The predicted molar refractivity (Wildman–Crippen MR) is 79.6 cm³/mol. The first-order valence-electron chi connectivity index (χ1n) is 6.90. The van der Waals surface area contributed by atoms with Crippen molar-refractivity contribution in [3.63, 3.8) is 0 Å². The van der Waals surface area contributed by atoms with Crippen LogP contribution < -0.4 is 5.32 Å². The van der Waals surface area contributed by atoms with Crippen LogP contribution in [0.3, 0.4) is 0 Å². The number of hydrogen-bond acceptors (Lipinski definition) is 5. The summed E-state index contributed by atoms with van der Waals surface area (Å²) in [6.07, 6.45) is 4.50. The molecule has 0 unspecified atom stereocenters. The largest absolute Gasteiger partial charge is 0.481 e. The van der Waals surface area contributed by atoms with Gasteiger partial charge in [0.25, 0.3) is 0 Å². The molecule has 1 heterocycles. The number of methoxy groups -OCH3 is 1. The van der Waals surface area contributed by atoms with Crippen LogP contribution in [0, 0.1) is 23.7 Å². The predicted octanol–water partition coefficient (Wildman–Crippen LogP) is 2.00. The molecule has 2 bridgehead atoms. The molecule has 1 aromatic rings. The Labute approximate surface area is 130 Å². The molecule has 1 aromatic heterocycles. The summed E-state index contributed by atoms with van der Waals surface area (Å²) in [5.41, 5.74) is 0.373. The Morgan fingerprint density at radius 1 is 1.27 bits per heavy atom. The van der Waals surface area contributed by atoms with Gasteiger partial charge in [-0.15, -0.1) is 11.3 Å². The first-order chi connectivity index (χ1) is 10.5. The third kappa shape index (κ3) is 2.31. The number of carbonyl (C=O) groups excluding carboxylic acids is 2. The number of fused-ring (bicyclic) bond motifs is 2. The second kappa shape index (κ2) is 5.57. The van der Waals surface area contributed by atoms with E-state index in [9.17, 15) is 19.5 Å². The number of esters is 1. The van der Waals surface area contributed by atoms with E-state index >= 15 is 0 Å². The summed E-state index contributed by atoms with van der Waals surface area (Å²) in [6.45, 7) is 0. The van der Waals surface area contributed by atoms with E-state index < -0.39 is 23.8 Å². The van der Waals surface area contributed by atoms with Gasteiger partial charge in [0.15, 0.2) is 0 Å². The molecular formula is C15H15NO5S. The average Bonchev–Trinajstić information content (AvgIpc) is 3.20. The van der Waals surface area contributed by atoms with Crippen LogP contribution in [0.1, 0.15) is 16.1 Å². The monoisotopic (exact) mass is 321 g/mol. The number of anilines is 1. The summed E-state index contributed by atoms with van der Waals surface area (Å²) in [6, 6.07) is 1.62. The van der Waals surface area contributed by atoms with Crippen LogP contribution >= 0.6 is 11.3 Å². The van der Waals surface area contributed by atoms with Crippen molar-refractivity contribution in [2.75, 3.05) is 12.4 Å². The number of carbonyl (C=O) groups is 3. The molecule has 116 valence electrons. The molecule has 1 saturated carbocycles. The Kier molecular flexibility index (Phi) is 3.74. The molecule has 1 fully saturated rings. The molecule has 0 aliphatic heterocycles. The van der Waals surface area contributed by atoms with Crippen molar-refractivity contribution in [2.45, 2.75) is 6.42 Å². The molecule has 22 heavy (non-hydrogen) atoms. The number of amides is 1. The summed E-state index contributed by atoms with van der Waals surface area (Å²) in [5, 5.41) is 13.7. The first kappa shape index (κ1) is 14.8. The Balaban J connectivity index is 1.80. The molecule has 0 spiro atoms. The van der Waals surface area contributed by atoms with Crippen LogP contribution in [0.15, 0.2) is 23.6 Å². The minimum atomic E-state index is -0.949. The lowest BCUT2D eigenvalue weighted by molar-refractivity contribution is -0.146. The van der Waals surface area contributed by atoms with Crippen molar-refractivity contribution < 1.29 is 24.2 Å². The number of allylic oxidation sites excluding steroid dienone is 2. The number of thiophene rings is 1. The lowest BCUT2D eigenvalue weighted by Crippen LogP contribution is -2.36. The van der Waals surface area contributed by atoms with E-state index in [1.54, 1.807) is 11.4 Å². The SMILES string of the molecule is COC(=O)c1sccc1NC(=O)[C@@H]1[C@@H](C(=O)O)[C@H]2C=C[C@H]1C2. The van der Waals surface area contributed by atoms with Crippen molar-refractivity contribution >= 4 is 34.9 Å². The number of ether oxygens (including phenoxy) is 1. The van der Waals surface area contributed by atoms with Crippen LogP contribution in [-0.2, 0) is 14.3 Å². The third-order valence-corrected chi connectivity index (χ3v) is 5.24. The van der Waals surface area contributed by atoms with Gasteiger partial charge in [0.05, 0.1) is 24.6 Å². The molecule has 2 aliphatic carbocycles.